The van der Waals surface area contributed by atoms with E-state index in [9.17, 15) is 9.90 Å². The van der Waals surface area contributed by atoms with E-state index >= 15 is 0 Å². The monoisotopic (exact) mass is 302 g/mol. The first-order valence-electron chi connectivity index (χ1n) is 11.6. The molecule has 0 aliphatic heterocycles. The highest BCUT2D eigenvalue weighted by atomic mass is 16.3. The number of carbonyl (C=O) groups excluding carboxylic acids is 1. The van der Waals surface area contributed by atoms with Gasteiger partial charge in [0.1, 0.15) is 6.08 Å². The molecule has 116 valence electrons. The van der Waals surface area contributed by atoms with E-state index in [0.29, 0.717) is 6.42 Å². The summed E-state index contributed by atoms with van der Waals surface area (Å²) in [4.78, 5) is 12.6. The van der Waals surface area contributed by atoms with Crippen LogP contribution in [-0.4, -0.2) is 17.0 Å². The van der Waals surface area contributed by atoms with Crippen molar-refractivity contribution in [3.05, 3.63) is 11.6 Å². The summed E-state index contributed by atoms with van der Waals surface area (Å²) >= 11 is 0. The lowest BCUT2D eigenvalue weighted by Crippen LogP contribution is -2.51. The van der Waals surface area contributed by atoms with Crippen molar-refractivity contribution < 1.29 is 19.5 Å². The number of hydrogen-bond acceptors (Lipinski definition) is 2. The predicted molar refractivity (Wildman–Crippen MR) is 82.7 cm³/mol. The standard InChI is InChI=1S/C19H28O2/c1-18-8-3-4-14(18)13-6-5-12-10-16(20)17(21)11-19(12,2)15(13)7-9-18/h5,13-15,17,21H,3-4,6-11H2,1-2H3/t13-,14-,15-,17?,18-,19-/m0/s1/i5T,6T,10T2,11T2,17T/t6?,13-,14-,15-,17?,18-,19-. The molecule has 4 aliphatic carbocycles. The van der Waals surface area contributed by atoms with E-state index in [2.05, 4.69) is 6.92 Å². The van der Waals surface area contributed by atoms with Gasteiger partial charge in [-0.2, -0.15) is 0 Å². The molecule has 0 aromatic carbocycles. The zero-order valence-corrected chi connectivity index (χ0v) is 12.7. The molecule has 3 saturated carbocycles. The van der Waals surface area contributed by atoms with E-state index in [1.54, 1.807) is 0 Å². The van der Waals surface area contributed by atoms with Crippen molar-refractivity contribution in [2.45, 2.75) is 71.2 Å². The smallest absolute Gasteiger partial charge is 0.165 e. The number of carbonyl (C=O) groups is 1. The van der Waals surface area contributed by atoms with Crippen molar-refractivity contribution >= 4 is 5.78 Å². The van der Waals surface area contributed by atoms with Crippen LogP contribution in [0.2, 0.25) is 0 Å². The van der Waals surface area contributed by atoms with Crippen LogP contribution in [0.5, 0.6) is 0 Å². The molecule has 2 unspecified atom stereocenters. The summed E-state index contributed by atoms with van der Waals surface area (Å²) in [6.45, 7) is 3.67. The molecule has 0 radical (unpaired) electrons. The van der Waals surface area contributed by atoms with E-state index in [0.717, 1.165) is 25.7 Å². The number of Topliss-reactive ketones (excluding diaryl/α,β-unsaturated/α-hetero) is 1. The molecule has 7 atom stereocenters. The van der Waals surface area contributed by atoms with Crippen LogP contribution in [0.1, 0.15) is 74.7 Å². The first-order valence-corrected chi connectivity index (χ1v) is 8.07. The average Bonchev–Trinajstić information content (AvgIpc) is 2.98. The van der Waals surface area contributed by atoms with Gasteiger partial charge in [0, 0.05) is 13.2 Å². The summed E-state index contributed by atoms with van der Waals surface area (Å²) in [7, 11) is 0. The minimum absolute atomic E-state index is 0.0299. The summed E-state index contributed by atoms with van der Waals surface area (Å²) in [5, 5.41) is 10.6. The van der Waals surface area contributed by atoms with Crippen LogP contribution >= 0.6 is 0 Å². The molecule has 0 aromatic rings. The molecule has 0 bridgehead atoms. The lowest BCUT2D eigenvalue weighted by Gasteiger charge is -2.57. The Labute approximate surface area is 137 Å². The molecule has 3 fully saturated rings. The van der Waals surface area contributed by atoms with Crippen molar-refractivity contribution in [3.8, 4) is 0 Å². The molecule has 2 heteroatoms. The summed E-state index contributed by atoms with van der Waals surface area (Å²) in [5.74, 6) is -2.28. The van der Waals surface area contributed by atoms with Gasteiger partial charge < -0.3 is 5.11 Å². The van der Waals surface area contributed by atoms with Crippen LogP contribution in [0.4, 0.5) is 0 Å². The normalized spacial score (nSPS) is 69.9. The Morgan fingerprint density at radius 1 is 1.38 bits per heavy atom. The number of aliphatic hydroxyl groups is 1. The Hall–Kier alpha value is -0.630. The molecule has 0 spiro atoms. The molecule has 4 aliphatic rings. The van der Waals surface area contributed by atoms with E-state index in [1.807, 2.05) is 0 Å². The molecule has 2 nitrogen and oxygen atoms in total. The fourth-order valence-corrected chi connectivity index (χ4v) is 5.40. The lowest BCUT2D eigenvalue weighted by atomic mass is 9.48. The van der Waals surface area contributed by atoms with Crippen LogP contribution in [0.25, 0.3) is 0 Å². The van der Waals surface area contributed by atoms with E-state index in [-0.39, 0.29) is 28.9 Å². The van der Waals surface area contributed by atoms with Crippen LogP contribution < -0.4 is 0 Å². The van der Waals surface area contributed by atoms with Crippen LogP contribution in [-0.2, 0) is 4.79 Å². The molecule has 0 saturated heterocycles. The van der Waals surface area contributed by atoms with Gasteiger partial charge in [-0.25, -0.2) is 0 Å². The summed E-state index contributed by atoms with van der Waals surface area (Å²) in [6.07, 6.45) is -5.57. The zero-order valence-electron chi connectivity index (χ0n) is 19.7. The summed E-state index contributed by atoms with van der Waals surface area (Å²) in [5.41, 5.74) is -1.98. The molecule has 4 rings (SSSR count). The number of fused-ring (bicyclic) bond motifs is 5. The predicted octanol–water partition coefficient (Wildman–Crippen LogP) is 3.88. The average molecular weight is 302 g/mol. The van der Waals surface area contributed by atoms with E-state index in [4.69, 9.17) is 9.60 Å². The second kappa shape index (κ2) is 4.44. The van der Waals surface area contributed by atoms with E-state index in [1.165, 1.54) is 6.92 Å². The first-order chi connectivity index (χ1) is 12.7. The molecule has 0 heterocycles. The van der Waals surface area contributed by atoms with Crippen molar-refractivity contribution in [2.24, 2.45) is 28.6 Å². The largest absolute Gasteiger partial charge is 0.385 e. The zero-order chi connectivity index (χ0) is 21.1. The quantitative estimate of drug-likeness (QED) is 0.690. The summed E-state index contributed by atoms with van der Waals surface area (Å²) < 4.78 is 59.4. The number of hydrogen-bond donors (Lipinski definition) is 1. The topological polar surface area (TPSA) is 37.3 Å². The van der Waals surface area contributed by atoms with Crippen molar-refractivity contribution in [3.63, 3.8) is 0 Å². The minimum atomic E-state index is -3.25. The first kappa shape index (κ1) is 8.29. The second-order valence-corrected chi connectivity index (χ2v) is 7.69. The maximum atomic E-state index is 12.6. The molecular formula is C19H28O2. The van der Waals surface area contributed by atoms with Gasteiger partial charge in [0.25, 0.3) is 0 Å². The van der Waals surface area contributed by atoms with Gasteiger partial charge in [-0.05, 0) is 67.0 Å². The van der Waals surface area contributed by atoms with Gasteiger partial charge in [0.15, 0.2) is 5.78 Å². The molecular weight excluding hydrogens is 260 g/mol. The van der Waals surface area contributed by atoms with Gasteiger partial charge >= 0.3 is 0 Å². The maximum absolute atomic E-state index is 12.6. The fourth-order valence-electron chi connectivity index (χ4n) is 5.40. The van der Waals surface area contributed by atoms with Gasteiger partial charge in [-0.15, -0.1) is 0 Å². The number of ketones is 1. The highest BCUT2D eigenvalue weighted by Gasteiger charge is 2.56. The molecule has 21 heavy (non-hydrogen) atoms. The molecule has 1 N–H and O–H groups in total. The Morgan fingerprint density at radius 2 is 2.19 bits per heavy atom. The van der Waals surface area contributed by atoms with Crippen molar-refractivity contribution in [2.75, 3.05) is 0 Å². The third kappa shape index (κ3) is 1.84. The Balaban J connectivity index is 2.00. The van der Waals surface area contributed by atoms with Crippen LogP contribution in [0.3, 0.4) is 0 Å². The third-order valence-corrected chi connectivity index (χ3v) is 6.63. The second-order valence-electron chi connectivity index (χ2n) is 7.69. The van der Waals surface area contributed by atoms with Gasteiger partial charge in [0.2, 0.25) is 0 Å². The highest BCUT2D eigenvalue weighted by Crippen LogP contribution is 2.64. The third-order valence-electron chi connectivity index (χ3n) is 6.63. The SMILES string of the molecule is [3H]C1=C2C([3H])([3H])C(=O)C([3H])(O)C([3H])([3H])[C@]2(C)[C@H]2CC[C@]3(C)CCC[C@H]3[C@@H]2C1[3H]. The van der Waals surface area contributed by atoms with Gasteiger partial charge in [-0.1, -0.05) is 31.9 Å². The lowest BCUT2D eigenvalue weighted by molar-refractivity contribution is -0.133. The van der Waals surface area contributed by atoms with Crippen molar-refractivity contribution in [1.82, 2.24) is 0 Å². The fraction of sp³-hybridized carbons (Fsp3) is 0.842. The molecule has 0 aromatic heterocycles. The maximum Gasteiger partial charge on any atom is 0.165 e. The van der Waals surface area contributed by atoms with Crippen molar-refractivity contribution in [1.29, 1.82) is 0 Å². The Morgan fingerprint density at radius 3 is 3.00 bits per heavy atom. The minimum Gasteiger partial charge on any atom is -0.385 e. The Kier molecular flexibility index (Phi) is 1.75. The highest BCUT2D eigenvalue weighted by molar-refractivity contribution is 5.86. The molecule has 0 amide bonds. The van der Waals surface area contributed by atoms with E-state index < -0.39 is 42.3 Å². The van der Waals surface area contributed by atoms with Crippen LogP contribution in [0, 0.1) is 28.6 Å². The number of rotatable bonds is 0. The Bertz CT molecular complexity index is 776. The number of allylic oxidation sites excluding steroid dienone is 2. The summed E-state index contributed by atoms with van der Waals surface area (Å²) in [6, 6.07) is -0.336. The van der Waals surface area contributed by atoms with Crippen LogP contribution in [0.15, 0.2) is 11.6 Å². The van der Waals surface area contributed by atoms with Gasteiger partial charge in [0.05, 0.1) is 2.74 Å². The van der Waals surface area contributed by atoms with Gasteiger partial charge in [-0.3, -0.25) is 4.79 Å².